The van der Waals surface area contributed by atoms with Crippen molar-refractivity contribution in [2.24, 2.45) is 12.8 Å². The van der Waals surface area contributed by atoms with Gasteiger partial charge >= 0.3 is 0 Å². The van der Waals surface area contributed by atoms with Crippen molar-refractivity contribution in [2.45, 2.75) is 12.6 Å². The summed E-state index contributed by atoms with van der Waals surface area (Å²) in [5, 5.41) is 0.700. The largest absolute Gasteiger partial charge is 0.337 e. The van der Waals surface area contributed by atoms with E-state index >= 15 is 0 Å². The Morgan fingerprint density at radius 2 is 2.25 bits per heavy atom. The lowest BCUT2D eigenvalue weighted by atomic mass is 10.1. The number of likely N-dealkylation sites (N-methyl/N-ethyl adjacent to an activating group) is 1. The molecule has 1 heterocycles. The standard InChI is InChI=1S/C14H18BrClN4/c1-19-6-5-18-14(19)9-20(2)13(8-17)10-3-4-11(15)12(16)7-10/h3-7,13H,8-9,17H2,1-2H3. The summed E-state index contributed by atoms with van der Waals surface area (Å²) in [7, 11) is 4.03. The Morgan fingerprint density at radius 1 is 1.50 bits per heavy atom. The molecule has 1 atom stereocenters. The van der Waals surface area contributed by atoms with Crippen LogP contribution in [0.4, 0.5) is 0 Å². The number of nitrogens with zero attached hydrogens (tertiary/aromatic N) is 3. The van der Waals surface area contributed by atoms with Crippen molar-refractivity contribution >= 4 is 27.5 Å². The van der Waals surface area contributed by atoms with Crippen LogP contribution in [0.5, 0.6) is 0 Å². The van der Waals surface area contributed by atoms with Gasteiger partial charge in [0.2, 0.25) is 0 Å². The number of aromatic nitrogens is 2. The normalized spacial score (nSPS) is 12.9. The summed E-state index contributed by atoms with van der Waals surface area (Å²) in [4.78, 5) is 6.53. The molecule has 0 radical (unpaired) electrons. The Hall–Kier alpha value is -0.880. The maximum atomic E-state index is 6.16. The SMILES string of the molecule is CN(Cc1nccn1C)C(CN)c1ccc(Br)c(Cl)c1. The van der Waals surface area contributed by atoms with Crippen LogP contribution >= 0.6 is 27.5 Å². The highest BCUT2D eigenvalue weighted by atomic mass is 79.9. The first kappa shape index (κ1) is 15.5. The topological polar surface area (TPSA) is 47.1 Å². The molecule has 2 aromatic rings. The lowest BCUT2D eigenvalue weighted by Crippen LogP contribution is -2.31. The predicted octanol–water partition coefficient (Wildman–Crippen LogP) is 2.97. The summed E-state index contributed by atoms with van der Waals surface area (Å²) in [5.41, 5.74) is 7.05. The van der Waals surface area contributed by atoms with Gasteiger partial charge in [0.05, 0.1) is 11.6 Å². The number of benzene rings is 1. The molecule has 0 saturated heterocycles. The van der Waals surface area contributed by atoms with Gasteiger partial charge in [-0.05, 0) is 40.7 Å². The number of halogens is 2. The average Bonchev–Trinajstić information content (AvgIpc) is 2.80. The molecule has 0 amide bonds. The van der Waals surface area contributed by atoms with Crippen LogP contribution in [0, 0.1) is 0 Å². The Balaban J connectivity index is 2.18. The minimum Gasteiger partial charge on any atom is -0.337 e. The molecule has 0 saturated carbocycles. The quantitative estimate of drug-likeness (QED) is 0.895. The number of imidazole rings is 1. The van der Waals surface area contributed by atoms with Crippen LogP contribution in [-0.4, -0.2) is 28.0 Å². The van der Waals surface area contributed by atoms with Crippen molar-refractivity contribution in [3.8, 4) is 0 Å². The molecule has 0 aliphatic carbocycles. The van der Waals surface area contributed by atoms with E-state index in [9.17, 15) is 0 Å². The van der Waals surface area contributed by atoms with Gasteiger partial charge in [-0.3, -0.25) is 4.90 Å². The number of nitrogens with two attached hydrogens (primary N) is 1. The van der Waals surface area contributed by atoms with Crippen LogP contribution in [0.3, 0.4) is 0 Å². The van der Waals surface area contributed by atoms with Gasteiger partial charge in [0.25, 0.3) is 0 Å². The van der Waals surface area contributed by atoms with Crippen LogP contribution in [0.25, 0.3) is 0 Å². The molecule has 0 aliphatic heterocycles. The number of hydrogen-bond donors (Lipinski definition) is 1. The second-order valence-corrected chi connectivity index (χ2v) is 6.06. The van der Waals surface area contributed by atoms with Gasteiger partial charge < -0.3 is 10.3 Å². The zero-order valence-electron chi connectivity index (χ0n) is 11.6. The molecule has 4 nitrogen and oxygen atoms in total. The maximum absolute atomic E-state index is 6.16. The second-order valence-electron chi connectivity index (χ2n) is 4.79. The van der Waals surface area contributed by atoms with Gasteiger partial charge in [0.1, 0.15) is 5.82 Å². The van der Waals surface area contributed by atoms with Crippen LogP contribution in [0.1, 0.15) is 17.4 Å². The zero-order chi connectivity index (χ0) is 14.7. The molecule has 0 bridgehead atoms. The van der Waals surface area contributed by atoms with Crippen molar-refractivity contribution in [3.05, 3.63) is 51.5 Å². The van der Waals surface area contributed by atoms with Gasteiger partial charge in [-0.2, -0.15) is 0 Å². The van der Waals surface area contributed by atoms with E-state index in [1.165, 1.54) is 0 Å². The highest BCUT2D eigenvalue weighted by molar-refractivity contribution is 9.10. The molecular weight excluding hydrogens is 340 g/mol. The fraction of sp³-hybridized carbons (Fsp3) is 0.357. The predicted molar refractivity (Wildman–Crippen MR) is 85.6 cm³/mol. The molecule has 20 heavy (non-hydrogen) atoms. The van der Waals surface area contributed by atoms with E-state index in [4.69, 9.17) is 17.3 Å². The minimum absolute atomic E-state index is 0.109. The van der Waals surface area contributed by atoms with Crippen molar-refractivity contribution < 1.29 is 0 Å². The fourth-order valence-corrected chi connectivity index (χ4v) is 2.61. The monoisotopic (exact) mass is 356 g/mol. The Labute approximate surface area is 132 Å². The van der Waals surface area contributed by atoms with E-state index in [-0.39, 0.29) is 6.04 Å². The smallest absolute Gasteiger partial charge is 0.122 e. The van der Waals surface area contributed by atoms with Gasteiger partial charge in [-0.15, -0.1) is 0 Å². The highest BCUT2D eigenvalue weighted by Gasteiger charge is 2.18. The Morgan fingerprint density at radius 3 is 2.80 bits per heavy atom. The summed E-state index contributed by atoms with van der Waals surface area (Å²) in [6.45, 7) is 1.26. The third-order valence-corrected chi connectivity index (χ3v) is 4.63. The zero-order valence-corrected chi connectivity index (χ0v) is 13.9. The first-order valence-electron chi connectivity index (χ1n) is 6.34. The summed E-state index contributed by atoms with van der Waals surface area (Å²) in [6, 6.07) is 6.06. The molecule has 0 fully saturated rings. The summed E-state index contributed by atoms with van der Waals surface area (Å²) < 4.78 is 2.91. The molecule has 6 heteroatoms. The average molecular weight is 358 g/mol. The maximum Gasteiger partial charge on any atom is 0.122 e. The van der Waals surface area contributed by atoms with Crippen LogP contribution in [-0.2, 0) is 13.6 Å². The molecule has 2 N–H and O–H groups in total. The first-order valence-corrected chi connectivity index (χ1v) is 7.51. The lowest BCUT2D eigenvalue weighted by molar-refractivity contribution is 0.234. The van der Waals surface area contributed by atoms with E-state index in [0.717, 1.165) is 22.4 Å². The van der Waals surface area contributed by atoms with E-state index in [1.54, 1.807) is 6.20 Å². The van der Waals surface area contributed by atoms with Crippen LogP contribution in [0.2, 0.25) is 5.02 Å². The molecule has 1 aromatic carbocycles. The third kappa shape index (κ3) is 3.41. The van der Waals surface area contributed by atoms with Crippen molar-refractivity contribution in [1.29, 1.82) is 0 Å². The van der Waals surface area contributed by atoms with Crippen molar-refractivity contribution in [1.82, 2.24) is 14.5 Å². The van der Waals surface area contributed by atoms with E-state index in [2.05, 4.69) is 25.8 Å². The third-order valence-electron chi connectivity index (χ3n) is 3.40. The Kier molecular flexibility index (Phi) is 5.21. The molecule has 1 aromatic heterocycles. The van der Waals surface area contributed by atoms with Crippen LogP contribution < -0.4 is 5.73 Å². The van der Waals surface area contributed by atoms with Gasteiger partial charge in [0.15, 0.2) is 0 Å². The van der Waals surface area contributed by atoms with Gasteiger partial charge in [0, 0.05) is 36.5 Å². The molecule has 0 spiro atoms. The highest BCUT2D eigenvalue weighted by Crippen LogP contribution is 2.28. The number of aryl methyl sites for hydroxylation is 1. The summed E-state index contributed by atoms with van der Waals surface area (Å²) in [5.74, 6) is 1.01. The van der Waals surface area contributed by atoms with Gasteiger partial charge in [-0.25, -0.2) is 4.98 Å². The van der Waals surface area contributed by atoms with E-state index < -0.39 is 0 Å². The first-order chi connectivity index (χ1) is 9.52. The minimum atomic E-state index is 0.109. The molecule has 108 valence electrons. The van der Waals surface area contributed by atoms with Crippen molar-refractivity contribution in [2.75, 3.05) is 13.6 Å². The number of rotatable bonds is 5. The Bertz CT molecular complexity index is 584. The molecule has 1 unspecified atom stereocenters. The summed E-state index contributed by atoms with van der Waals surface area (Å²) >= 11 is 9.57. The summed E-state index contributed by atoms with van der Waals surface area (Å²) in [6.07, 6.45) is 3.74. The fourth-order valence-electron chi connectivity index (χ4n) is 2.17. The second kappa shape index (κ2) is 6.72. The van der Waals surface area contributed by atoms with Crippen LogP contribution in [0.15, 0.2) is 35.1 Å². The molecular formula is C14H18BrClN4. The van der Waals surface area contributed by atoms with Gasteiger partial charge in [-0.1, -0.05) is 17.7 Å². The number of hydrogen-bond acceptors (Lipinski definition) is 3. The van der Waals surface area contributed by atoms with E-state index in [1.807, 2.05) is 43.1 Å². The van der Waals surface area contributed by atoms with E-state index in [0.29, 0.717) is 11.6 Å². The lowest BCUT2D eigenvalue weighted by Gasteiger charge is -2.27. The van der Waals surface area contributed by atoms with Crippen molar-refractivity contribution in [3.63, 3.8) is 0 Å². The molecule has 0 aliphatic rings. The molecule has 2 rings (SSSR count).